The van der Waals surface area contributed by atoms with Gasteiger partial charge >= 0.3 is 0 Å². The van der Waals surface area contributed by atoms with E-state index in [0.717, 1.165) is 17.2 Å². The topological polar surface area (TPSA) is 0 Å². The van der Waals surface area contributed by atoms with E-state index >= 15 is 0 Å². The molecule has 0 heterocycles. The van der Waals surface area contributed by atoms with E-state index in [0.29, 0.717) is 0 Å². The first-order chi connectivity index (χ1) is 12.4. The highest BCUT2D eigenvalue weighted by atomic mass is 31.1. The molecule has 0 saturated heterocycles. The van der Waals surface area contributed by atoms with Crippen molar-refractivity contribution in [1.29, 1.82) is 0 Å². The van der Waals surface area contributed by atoms with Gasteiger partial charge < -0.3 is 0 Å². The summed E-state index contributed by atoms with van der Waals surface area (Å²) >= 11 is 0. The van der Waals surface area contributed by atoms with Crippen LogP contribution in [0.25, 0.3) is 0 Å². The van der Waals surface area contributed by atoms with E-state index in [1.54, 1.807) is 5.56 Å². The Morgan fingerprint density at radius 2 is 1.04 bits per heavy atom. The molecule has 0 bridgehead atoms. The molecule has 0 aliphatic heterocycles. The first-order valence-corrected chi connectivity index (χ1v) is 12.8. The van der Waals surface area contributed by atoms with Crippen LogP contribution < -0.4 is 5.30 Å². The predicted molar refractivity (Wildman–Crippen MR) is 113 cm³/mol. The van der Waals surface area contributed by atoms with E-state index in [-0.39, 0.29) is 7.92 Å². The van der Waals surface area contributed by atoms with Crippen molar-refractivity contribution in [3.8, 4) is 0 Å². The summed E-state index contributed by atoms with van der Waals surface area (Å²) in [5.41, 5.74) is 3.87. The van der Waals surface area contributed by atoms with Gasteiger partial charge in [0.25, 0.3) is 0 Å². The molecule has 25 heavy (non-hydrogen) atoms. The van der Waals surface area contributed by atoms with Crippen LogP contribution in [0.15, 0.2) is 24.3 Å². The maximum Gasteiger partial charge on any atom is -0.0156 e. The third kappa shape index (κ3) is 4.32. The summed E-state index contributed by atoms with van der Waals surface area (Å²) in [4.78, 5) is 0. The van der Waals surface area contributed by atoms with E-state index in [2.05, 4.69) is 24.3 Å². The summed E-state index contributed by atoms with van der Waals surface area (Å²) in [5, 5.41) is 1.86. The van der Waals surface area contributed by atoms with Crippen molar-refractivity contribution >= 4 is 13.2 Å². The summed E-state index contributed by atoms with van der Waals surface area (Å²) in [6.07, 6.45) is 22.4. The van der Waals surface area contributed by atoms with Crippen LogP contribution in [0.1, 0.15) is 108 Å². The van der Waals surface area contributed by atoms with Crippen LogP contribution in [0.5, 0.6) is 0 Å². The molecule has 3 aliphatic rings. The second-order valence-corrected chi connectivity index (χ2v) is 11.6. The first-order valence-electron chi connectivity index (χ1n) is 11.3. The van der Waals surface area contributed by atoms with Crippen LogP contribution >= 0.6 is 7.92 Å². The Kier molecular flexibility index (Phi) is 6.52. The van der Waals surface area contributed by atoms with Crippen LogP contribution in [-0.2, 0) is 0 Å². The average Bonchev–Trinajstić information content (AvgIpc) is 2.71. The fourth-order valence-corrected chi connectivity index (χ4v) is 9.93. The number of benzene rings is 1. The van der Waals surface area contributed by atoms with Crippen LogP contribution in [0.3, 0.4) is 0 Å². The van der Waals surface area contributed by atoms with Gasteiger partial charge in [0.1, 0.15) is 0 Å². The van der Waals surface area contributed by atoms with Crippen molar-refractivity contribution in [2.75, 3.05) is 0 Å². The molecule has 0 amide bonds. The highest BCUT2D eigenvalue weighted by molar-refractivity contribution is 7.67. The molecular weight excluding hydrogens is 319 g/mol. The maximum absolute atomic E-state index is 2.58. The van der Waals surface area contributed by atoms with Gasteiger partial charge in [0.2, 0.25) is 0 Å². The van der Waals surface area contributed by atoms with E-state index in [1.165, 1.54) is 96.3 Å². The Hall–Kier alpha value is -0.350. The molecule has 0 radical (unpaired) electrons. The molecule has 0 atom stereocenters. The molecule has 0 aromatic heterocycles. The van der Waals surface area contributed by atoms with E-state index in [4.69, 9.17) is 0 Å². The molecule has 3 saturated carbocycles. The average molecular weight is 357 g/mol. The van der Waals surface area contributed by atoms with Gasteiger partial charge in [-0.2, -0.15) is 0 Å². The molecule has 0 nitrogen and oxygen atoms in total. The minimum Gasteiger partial charge on any atom is -0.0686 e. The highest BCUT2D eigenvalue weighted by Gasteiger charge is 2.34. The second kappa shape index (κ2) is 9.03. The normalized spacial score (nSPS) is 24.7. The highest BCUT2D eigenvalue weighted by Crippen LogP contribution is 2.56. The molecule has 0 unspecified atom stereocenters. The summed E-state index contributed by atoms with van der Waals surface area (Å²) < 4.78 is 0. The van der Waals surface area contributed by atoms with Gasteiger partial charge in [0, 0.05) is 0 Å². The van der Waals surface area contributed by atoms with Crippen molar-refractivity contribution in [3.05, 3.63) is 29.8 Å². The minimum atomic E-state index is 0.0623. The van der Waals surface area contributed by atoms with Crippen molar-refractivity contribution in [2.45, 2.75) is 114 Å². The molecule has 1 heteroatoms. The maximum atomic E-state index is 2.58. The molecule has 0 spiro atoms. The summed E-state index contributed by atoms with van der Waals surface area (Å²) in [7, 11) is 0.0623. The lowest BCUT2D eigenvalue weighted by atomic mass is 9.84. The summed E-state index contributed by atoms with van der Waals surface area (Å²) in [6.45, 7) is 0. The standard InChI is InChI=1S/C24H37P/c1-4-12-20(13-5-1)23-18-10-11-19-24(23)25(21-14-6-2-7-15-21)22-16-8-3-9-17-22/h10-11,18-22H,1-9,12-17H2. The quantitative estimate of drug-likeness (QED) is 0.490. The zero-order valence-electron chi connectivity index (χ0n) is 16.1. The van der Waals surface area contributed by atoms with E-state index in [9.17, 15) is 0 Å². The lowest BCUT2D eigenvalue weighted by molar-refractivity contribution is 0.444. The van der Waals surface area contributed by atoms with Crippen molar-refractivity contribution < 1.29 is 0 Å². The van der Waals surface area contributed by atoms with Gasteiger partial charge in [-0.05, 0) is 66.6 Å². The Morgan fingerprint density at radius 1 is 0.560 bits per heavy atom. The van der Waals surface area contributed by atoms with Crippen molar-refractivity contribution in [2.24, 2.45) is 0 Å². The van der Waals surface area contributed by atoms with Gasteiger partial charge in [0.05, 0.1) is 0 Å². The lowest BCUT2D eigenvalue weighted by Gasteiger charge is -2.40. The Morgan fingerprint density at radius 3 is 1.60 bits per heavy atom. The fraction of sp³-hybridized carbons (Fsp3) is 0.750. The van der Waals surface area contributed by atoms with Crippen LogP contribution in [0.2, 0.25) is 0 Å². The molecule has 4 rings (SSSR count). The molecule has 0 N–H and O–H groups in total. The lowest BCUT2D eigenvalue weighted by Crippen LogP contribution is -2.28. The molecule has 3 aliphatic carbocycles. The Bertz CT molecular complexity index is 501. The van der Waals surface area contributed by atoms with E-state index in [1.807, 2.05) is 5.30 Å². The zero-order valence-corrected chi connectivity index (χ0v) is 17.0. The summed E-state index contributed by atoms with van der Waals surface area (Å²) in [5.74, 6) is 0.877. The van der Waals surface area contributed by atoms with Gasteiger partial charge in [0.15, 0.2) is 0 Å². The summed E-state index contributed by atoms with van der Waals surface area (Å²) in [6, 6.07) is 9.82. The third-order valence-electron chi connectivity index (χ3n) is 7.20. The molecular formula is C24H37P. The minimum absolute atomic E-state index is 0.0623. The largest absolute Gasteiger partial charge is 0.0686 e. The molecule has 1 aromatic carbocycles. The predicted octanol–water partition coefficient (Wildman–Crippen LogP) is 7.51. The van der Waals surface area contributed by atoms with Crippen LogP contribution in [-0.4, -0.2) is 11.3 Å². The monoisotopic (exact) mass is 356 g/mol. The smallest absolute Gasteiger partial charge is 0.0156 e. The molecule has 3 fully saturated rings. The Labute approximate surface area is 156 Å². The molecule has 138 valence electrons. The van der Waals surface area contributed by atoms with Crippen molar-refractivity contribution in [3.63, 3.8) is 0 Å². The van der Waals surface area contributed by atoms with Gasteiger partial charge in [-0.15, -0.1) is 0 Å². The van der Waals surface area contributed by atoms with Gasteiger partial charge in [-0.3, -0.25) is 0 Å². The Balaban J connectivity index is 1.65. The van der Waals surface area contributed by atoms with E-state index < -0.39 is 0 Å². The second-order valence-electron chi connectivity index (χ2n) is 8.88. The van der Waals surface area contributed by atoms with Gasteiger partial charge in [-0.25, -0.2) is 0 Å². The van der Waals surface area contributed by atoms with Crippen LogP contribution in [0, 0.1) is 0 Å². The fourth-order valence-electron chi connectivity index (χ4n) is 5.89. The number of hydrogen-bond donors (Lipinski definition) is 0. The number of rotatable bonds is 4. The number of hydrogen-bond acceptors (Lipinski definition) is 0. The van der Waals surface area contributed by atoms with Gasteiger partial charge in [-0.1, -0.05) is 90.0 Å². The first kappa shape index (κ1) is 18.0. The zero-order chi connectivity index (χ0) is 16.9. The van der Waals surface area contributed by atoms with Crippen molar-refractivity contribution in [1.82, 2.24) is 0 Å². The van der Waals surface area contributed by atoms with Crippen LogP contribution in [0.4, 0.5) is 0 Å². The third-order valence-corrected chi connectivity index (χ3v) is 10.8. The SMILES string of the molecule is c1ccc(P(C2CCCCC2)C2CCCCC2)c(C2CCCCC2)c1. The molecule has 1 aromatic rings.